The molecular weight excluding hydrogens is 274 g/mol. The average molecular weight is 288 g/mol. The molecule has 2 aromatic rings. The van der Waals surface area contributed by atoms with Crippen molar-refractivity contribution in [3.8, 4) is 6.07 Å². The number of rotatable bonds is 3. The van der Waals surface area contributed by atoms with Crippen LogP contribution in [0.5, 0.6) is 0 Å². The van der Waals surface area contributed by atoms with Gasteiger partial charge >= 0.3 is 0 Å². The van der Waals surface area contributed by atoms with Gasteiger partial charge in [-0.1, -0.05) is 17.7 Å². The van der Waals surface area contributed by atoms with Crippen molar-refractivity contribution in [1.82, 2.24) is 10.3 Å². The number of aromatic amines is 1. The summed E-state index contributed by atoms with van der Waals surface area (Å²) in [7, 11) is 0. The number of nitriles is 1. The summed E-state index contributed by atoms with van der Waals surface area (Å²) in [5.74, 6) is -0.109. The molecule has 1 saturated carbocycles. The van der Waals surface area contributed by atoms with Crippen LogP contribution in [0.4, 0.5) is 0 Å². The first-order valence-electron chi connectivity index (χ1n) is 6.60. The van der Waals surface area contributed by atoms with Crippen LogP contribution in [0.2, 0.25) is 5.02 Å². The van der Waals surface area contributed by atoms with Gasteiger partial charge in [-0.15, -0.1) is 0 Å². The molecule has 20 heavy (non-hydrogen) atoms. The van der Waals surface area contributed by atoms with Gasteiger partial charge < -0.3 is 10.3 Å². The molecular formula is C15H14ClN3O. The van der Waals surface area contributed by atoms with Crippen LogP contribution in [0.3, 0.4) is 0 Å². The first-order chi connectivity index (χ1) is 9.62. The fourth-order valence-electron chi connectivity index (χ4n) is 2.58. The molecule has 102 valence electrons. The molecule has 0 unspecified atom stereocenters. The van der Waals surface area contributed by atoms with Gasteiger partial charge in [0.05, 0.1) is 12.5 Å². The van der Waals surface area contributed by atoms with Crippen molar-refractivity contribution in [3.05, 3.63) is 35.0 Å². The number of aromatic nitrogens is 1. The van der Waals surface area contributed by atoms with Crippen molar-refractivity contribution in [2.45, 2.75) is 31.2 Å². The Bertz CT molecular complexity index is 709. The number of benzene rings is 1. The largest absolute Gasteiger partial charge is 0.361 e. The summed E-state index contributed by atoms with van der Waals surface area (Å²) in [5, 5.41) is 13.6. The molecule has 4 nitrogen and oxygen atoms in total. The highest BCUT2D eigenvalue weighted by Gasteiger charge is 2.38. The number of hydrogen-bond donors (Lipinski definition) is 2. The molecule has 0 spiro atoms. The Labute approximate surface area is 121 Å². The summed E-state index contributed by atoms with van der Waals surface area (Å²) in [5.41, 5.74) is 1.20. The molecule has 1 amide bonds. The zero-order valence-corrected chi connectivity index (χ0v) is 11.6. The Morgan fingerprint density at radius 2 is 2.30 bits per heavy atom. The summed E-state index contributed by atoms with van der Waals surface area (Å²) in [6.45, 7) is 0. The zero-order chi connectivity index (χ0) is 14.2. The van der Waals surface area contributed by atoms with E-state index in [-0.39, 0.29) is 12.3 Å². The first-order valence-corrected chi connectivity index (χ1v) is 6.97. The average Bonchev–Trinajstić information content (AvgIpc) is 2.76. The van der Waals surface area contributed by atoms with Crippen molar-refractivity contribution in [2.24, 2.45) is 0 Å². The molecule has 5 heteroatoms. The number of carbonyl (C=O) groups is 1. The lowest BCUT2D eigenvalue weighted by Crippen LogP contribution is -2.52. The fourth-order valence-corrected chi connectivity index (χ4v) is 2.76. The topological polar surface area (TPSA) is 68.7 Å². The normalized spacial score (nSPS) is 16.4. The molecule has 1 aromatic carbocycles. The second kappa shape index (κ2) is 4.84. The van der Waals surface area contributed by atoms with Gasteiger partial charge in [0.15, 0.2) is 0 Å². The lowest BCUT2D eigenvalue weighted by molar-refractivity contribution is -0.122. The molecule has 3 rings (SSSR count). The van der Waals surface area contributed by atoms with E-state index in [4.69, 9.17) is 16.9 Å². The van der Waals surface area contributed by atoms with Gasteiger partial charge in [-0.3, -0.25) is 4.79 Å². The van der Waals surface area contributed by atoms with Gasteiger partial charge in [0.2, 0.25) is 5.91 Å². The molecule has 1 aliphatic carbocycles. The van der Waals surface area contributed by atoms with Crippen molar-refractivity contribution in [2.75, 3.05) is 0 Å². The van der Waals surface area contributed by atoms with Crippen LogP contribution in [0.25, 0.3) is 10.9 Å². The van der Waals surface area contributed by atoms with Crippen LogP contribution in [-0.2, 0) is 11.2 Å². The first kappa shape index (κ1) is 13.0. The standard InChI is InChI=1S/C15H14ClN3O/c16-11-2-3-12-10(8-18-13(12)7-11)6-14(20)19-15(9-17)4-1-5-15/h2-3,7-8,18H,1,4-6H2,(H,19,20). The predicted octanol–water partition coefficient (Wildman–Crippen LogP) is 2.93. The zero-order valence-electron chi connectivity index (χ0n) is 10.9. The molecule has 0 atom stereocenters. The van der Waals surface area contributed by atoms with E-state index in [9.17, 15) is 4.79 Å². The van der Waals surface area contributed by atoms with Crippen LogP contribution >= 0.6 is 11.6 Å². The van der Waals surface area contributed by atoms with E-state index in [0.717, 1.165) is 35.7 Å². The van der Waals surface area contributed by atoms with E-state index in [2.05, 4.69) is 16.4 Å². The maximum absolute atomic E-state index is 12.1. The number of halogens is 1. The number of H-pyrrole nitrogens is 1. The molecule has 1 fully saturated rings. The van der Waals surface area contributed by atoms with E-state index in [1.54, 1.807) is 0 Å². The highest BCUT2D eigenvalue weighted by Crippen LogP contribution is 2.31. The summed E-state index contributed by atoms with van der Waals surface area (Å²) < 4.78 is 0. The van der Waals surface area contributed by atoms with Crippen LogP contribution in [0.1, 0.15) is 24.8 Å². The quantitative estimate of drug-likeness (QED) is 0.911. The molecule has 1 aliphatic rings. The maximum atomic E-state index is 12.1. The molecule has 0 radical (unpaired) electrons. The summed E-state index contributed by atoms with van der Waals surface area (Å²) in [4.78, 5) is 15.2. The van der Waals surface area contributed by atoms with Crippen molar-refractivity contribution < 1.29 is 4.79 Å². The maximum Gasteiger partial charge on any atom is 0.225 e. The Kier molecular flexibility index (Phi) is 3.15. The van der Waals surface area contributed by atoms with E-state index in [0.29, 0.717) is 5.02 Å². The minimum absolute atomic E-state index is 0.109. The highest BCUT2D eigenvalue weighted by atomic mass is 35.5. The van der Waals surface area contributed by atoms with E-state index in [1.165, 1.54) is 0 Å². The Morgan fingerprint density at radius 3 is 2.95 bits per heavy atom. The number of carbonyl (C=O) groups excluding carboxylic acids is 1. The van der Waals surface area contributed by atoms with Crippen LogP contribution in [0, 0.1) is 11.3 Å². The molecule has 1 aromatic heterocycles. The lowest BCUT2D eigenvalue weighted by atomic mass is 9.78. The van der Waals surface area contributed by atoms with Gasteiger partial charge in [-0.25, -0.2) is 0 Å². The fraction of sp³-hybridized carbons (Fsp3) is 0.333. The third kappa shape index (κ3) is 2.25. The van der Waals surface area contributed by atoms with Gasteiger partial charge in [-0.05, 0) is 37.0 Å². The second-order valence-corrected chi connectivity index (χ2v) is 5.71. The Balaban J connectivity index is 1.76. The van der Waals surface area contributed by atoms with Gasteiger partial charge in [-0.2, -0.15) is 5.26 Å². The van der Waals surface area contributed by atoms with Crippen molar-refractivity contribution >= 4 is 28.4 Å². The highest BCUT2D eigenvalue weighted by molar-refractivity contribution is 6.31. The van der Waals surface area contributed by atoms with Crippen LogP contribution in [-0.4, -0.2) is 16.4 Å². The van der Waals surface area contributed by atoms with E-state index < -0.39 is 5.54 Å². The molecule has 0 aliphatic heterocycles. The Morgan fingerprint density at radius 1 is 1.50 bits per heavy atom. The second-order valence-electron chi connectivity index (χ2n) is 5.28. The predicted molar refractivity (Wildman–Crippen MR) is 77.4 cm³/mol. The third-order valence-electron chi connectivity index (χ3n) is 3.88. The minimum atomic E-state index is -0.632. The number of nitrogens with one attached hydrogen (secondary N) is 2. The lowest BCUT2D eigenvalue weighted by Gasteiger charge is -2.35. The SMILES string of the molecule is N#CC1(NC(=O)Cc2c[nH]c3cc(Cl)ccc23)CCC1. The number of amides is 1. The Hall–Kier alpha value is -1.99. The van der Waals surface area contributed by atoms with Crippen molar-refractivity contribution in [3.63, 3.8) is 0 Å². The molecule has 1 heterocycles. The van der Waals surface area contributed by atoms with E-state index >= 15 is 0 Å². The smallest absolute Gasteiger partial charge is 0.225 e. The van der Waals surface area contributed by atoms with Gasteiger partial charge in [0.1, 0.15) is 5.54 Å². The van der Waals surface area contributed by atoms with Crippen LogP contribution < -0.4 is 5.32 Å². The van der Waals surface area contributed by atoms with Gasteiger partial charge in [0, 0.05) is 22.1 Å². The van der Waals surface area contributed by atoms with Crippen molar-refractivity contribution in [1.29, 1.82) is 5.26 Å². The van der Waals surface area contributed by atoms with E-state index in [1.807, 2.05) is 24.4 Å². The summed E-state index contributed by atoms with van der Waals surface area (Å²) in [6.07, 6.45) is 4.59. The summed E-state index contributed by atoms with van der Waals surface area (Å²) in [6, 6.07) is 7.76. The summed E-state index contributed by atoms with van der Waals surface area (Å²) >= 11 is 5.93. The number of nitrogens with zero attached hydrogens (tertiary/aromatic N) is 1. The number of hydrogen-bond acceptors (Lipinski definition) is 2. The number of fused-ring (bicyclic) bond motifs is 1. The molecule has 0 bridgehead atoms. The van der Waals surface area contributed by atoms with Crippen LogP contribution in [0.15, 0.2) is 24.4 Å². The molecule has 2 N–H and O–H groups in total. The minimum Gasteiger partial charge on any atom is -0.361 e. The van der Waals surface area contributed by atoms with Gasteiger partial charge in [0.25, 0.3) is 0 Å². The third-order valence-corrected chi connectivity index (χ3v) is 4.12. The molecule has 0 saturated heterocycles. The monoisotopic (exact) mass is 287 g/mol.